The Morgan fingerprint density at radius 1 is 1.28 bits per heavy atom. The lowest BCUT2D eigenvalue weighted by atomic mass is 9.97. The lowest BCUT2D eigenvalue weighted by Gasteiger charge is -2.39. The van der Waals surface area contributed by atoms with E-state index in [-0.39, 0.29) is 0 Å². The molecule has 0 unspecified atom stereocenters. The lowest BCUT2D eigenvalue weighted by molar-refractivity contribution is 0.135. The SMILES string of the molecule is Cc1cc(Nc2nc(N[C@@H]3C[C@H]4CC[C@@H](C3)N4CCC#N)cn3ncnc23)n[nH]1. The molecule has 0 saturated carbocycles. The zero-order chi connectivity index (χ0) is 19.8. The van der Waals surface area contributed by atoms with Gasteiger partial charge < -0.3 is 10.6 Å². The number of rotatable bonds is 6. The van der Waals surface area contributed by atoms with Crippen LogP contribution in [-0.2, 0) is 0 Å². The zero-order valence-electron chi connectivity index (χ0n) is 16.3. The predicted octanol–water partition coefficient (Wildman–Crippen LogP) is 2.22. The molecule has 0 aromatic carbocycles. The molecule has 0 aliphatic carbocycles. The lowest BCUT2D eigenvalue weighted by Crippen LogP contribution is -2.47. The standard InChI is InChI=1S/C19H24N10/c1-12-7-16(27-26-12)24-18-19-21-11-22-29(19)10-17(25-18)23-13-8-14-3-4-15(9-13)28(14)6-2-5-20/h7,10-11,13-15,23H,2-4,6,8-9H2,1H3,(H2,24,25,26,27)/t13-,14-,15+. The number of nitriles is 1. The highest BCUT2D eigenvalue weighted by Gasteiger charge is 2.40. The van der Waals surface area contributed by atoms with Crippen molar-refractivity contribution < 1.29 is 0 Å². The van der Waals surface area contributed by atoms with Crippen LogP contribution in [0, 0.1) is 18.3 Å². The van der Waals surface area contributed by atoms with Crippen LogP contribution >= 0.6 is 0 Å². The summed E-state index contributed by atoms with van der Waals surface area (Å²) in [6.45, 7) is 2.84. The van der Waals surface area contributed by atoms with Gasteiger partial charge in [-0.15, -0.1) is 0 Å². The summed E-state index contributed by atoms with van der Waals surface area (Å²) in [5.74, 6) is 2.09. The van der Waals surface area contributed by atoms with Gasteiger partial charge in [0.05, 0.1) is 12.3 Å². The first-order valence-electron chi connectivity index (χ1n) is 10.1. The fourth-order valence-electron chi connectivity index (χ4n) is 4.73. The first kappa shape index (κ1) is 17.9. The zero-order valence-corrected chi connectivity index (χ0v) is 16.3. The third kappa shape index (κ3) is 3.49. The molecule has 5 heterocycles. The minimum absolute atomic E-state index is 0.361. The molecule has 3 aromatic heterocycles. The van der Waals surface area contributed by atoms with E-state index in [1.807, 2.05) is 19.2 Å². The fraction of sp³-hybridized carbons (Fsp3) is 0.526. The highest BCUT2D eigenvalue weighted by molar-refractivity contribution is 5.69. The molecule has 150 valence electrons. The molecule has 3 aromatic rings. The van der Waals surface area contributed by atoms with E-state index in [1.165, 1.54) is 19.2 Å². The van der Waals surface area contributed by atoms with Crippen LogP contribution in [-0.4, -0.2) is 59.3 Å². The maximum absolute atomic E-state index is 8.92. The number of piperidine rings is 1. The summed E-state index contributed by atoms with van der Waals surface area (Å²) in [5.41, 5.74) is 1.63. The van der Waals surface area contributed by atoms with Crippen molar-refractivity contribution in [2.24, 2.45) is 0 Å². The highest BCUT2D eigenvalue weighted by Crippen LogP contribution is 2.36. The largest absolute Gasteiger partial charge is 0.366 e. The molecule has 0 spiro atoms. The van der Waals surface area contributed by atoms with Crippen molar-refractivity contribution in [3.05, 3.63) is 24.3 Å². The van der Waals surface area contributed by atoms with E-state index in [0.29, 0.717) is 41.8 Å². The number of hydrogen-bond acceptors (Lipinski definition) is 8. The number of anilines is 3. The molecule has 10 heteroatoms. The number of aryl methyl sites for hydroxylation is 1. The molecular weight excluding hydrogens is 368 g/mol. The molecule has 29 heavy (non-hydrogen) atoms. The molecule has 2 fully saturated rings. The van der Waals surface area contributed by atoms with Gasteiger partial charge >= 0.3 is 0 Å². The monoisotopic (exact) mass is 392 g/mol. The van der Waals surface area contributed by atoms with Gasteiger partial charge in [-0.3, -0.25) is 10.00 Å². The number of fused-ring (bicyclic) bond motifs is 3. The maximum Gasteiger partial charge on any atom is 0.198 e. The van der Waals surface area contributed by atoms with Crippen molar-refractivity contribution in [2.75, 3.05) is 17.2 Å². The summed E-state index contributed by atoms with van der Waals surface area (Å²) in [5, 5.41) is 27.2. The highest BCUT2D eigenvalue weighted by atomic mass is 15.3. The van der Waals surface area contributed by atoms with E-state index in [0.717, 1.165) is 30.9 Å². The van der Waals surface area contributed by atoms with E-state index in [9.17, 15) is 0 Å². The Balaban J connectivity index is 1.34. The topological polar surface area (TPSA) is 123 Å². The Morgan fingerprint density at radius 3 is 2.83 bits per heavy atom. The molecule has 5 rings (SSSR count). The minimum atomic E-state index is 0.361. The molecule has 2 aliphatic rings. The van der Waals surface area contributed by atoms with Crippen molar-refractivity contribution in [1.29, 1.82) is 5.26 Å². The summed E-state index contributed by atoms with van der Waals surface area (Å²) in [7, 11) is 0. The quantitative estimate of drug-likeness (QED) is 0.583. The number of H-pyrrole nitrogens is 1. The summed E-state index contributed by atoms with van der Waals surface area (Å²) >= 11 is 0. The number of hydrogen-bond donors (Lipinski definition) is 3. The number of nitrogens with zero attached hydrogens (tertiary/aromatic N) is 7. The van der Waals surface area contributed by atoms with Crippen molar-refractivity contribution in [3.63, 3.8) is 0 Å². The Kier molecular flexibility index (Phi) is 4.52. The summed E-state index contributed by atoms with van der Waals surface area (Å²) in [6.07, 6.45) is 8.59. The third-order valence-electron chi connectivity index (χ3n) is 5.93. The van der Waals surface area contributed by atoms with Crippen molar-refractivity contribution in [2.45, 2.75) is 57.2 Å². The number of aromatic amines is 1. The maximum atomic E-state index is 8.92. The fourth-order valence-corrected chi connectivity index (χ4v) is 4.73. The number of aromatic nitrogens is 6. The van der Waals surface area contributed by atoms with Crippen LogP contribution in [0.1, 0.15) is 37.8 Å². The van der Waals surface area contributed by atoms with Gasteiger partial charge in [-0.25, -0.2) is 14.5 Å². The summed E-state index contributed by atoms with van der Waals surface area (Å²) < 4.78 is 1.73. The third-order valence-corrected chi connectivity index (χ3v) is 5.93. The van der Waals surface area contributed by atoms with Crippen molar-refractivity contribution in [1.82, 2.24) is 34.7 Å². The predicted molar refractivity (Wildman–Crippen MR) is 108 cm³/mol. The van der Waals surface area contributed by atoms with Crippen LogP contribution in [0.5, 0.6) is 0 Å². The molecule has 2 saturated heterocycles. The van der Waals surface area contributed by atoms with Crippen LogP contribution in [0.2, 0.25) is 0 Å². The van der Waals surface area contributed by atoms with Gasteiger partial charge in [-0.05, 0) is 32.6 Å². The Labute approximate surface area is 168 Å². The molecule has 0 amide bonds. The normalized spacial score (nSPS) is 23.9. The average molecular weight is 392 g/mol. The van der Waals surface area contributed by atoms with Gasteiger partial charge in [0, 0.05) is 42.9 Å². The van der Waals surface area contributed by atoms with Gasteiger partial charge in [0.2, 0.25) is 0 Å². The average Bonchev–Trinajstić information content (AvgIpc) is 3.39. The van der Waals surface area contributed by atoms with Crippen molar-refractivity contribution >= 4 is 23.1 Å². The smallest absolute Gasteiger partial charge is 0.198 e. The van der Waals surface area contributed by atoms with Gasteiger partial charge in [-0.2, -0.15) is 15.5 Å². The molecule has 0 radical (unpaired) electrons. The van der Waals surface area contributed by atoms with E-state index < -0.39 is 0 Å². The first-order chi connectivity index (χ1) is 14.2. The van der Waals surface area contributed by atoms with Gasteiger partial charge in [0.15, 0.2) is 17.3 Å². The second-order valence-corrected chi connectivity index (χ2v) is 7.91. The molecule has 3 atom stereocenters. The molecular formula is C19H24N10. The molecule has 10 nitrogen and oxygen atoms in total. The summed E-state index contributed by atoms with van der Waals surface area (Å²) in [4.78, 5) is 11.6. The van der Waals surface area contributed by atoms with Crippen LogP contribution in [0.25, 0.3) is 5.65 Å². The van der Waals surface area contributed by atoms with Gasteiger partial charge in [-0.1, -0.05) is 0 Å². The van der Waals surface area contributed by atoms with Gasteiger partial charge in [0.1, 0.15) is 12.1 Å². The van der Waals surface area contributed by atoms with Crippen LogP contribution in [0.4, 0.5) is 17.5 Å². The second-order valence-electron chi connectivity index (χ2n) is 7.91. The Bertz CT molecular complexity index is 1030. The van der Waals surface area contributed by atoms with E-state index in [2.05, 4.69) is 41.9 Å². The molecule has 2 aliphatic heterocycles. The van der Waals surface area contributed by atoms with E-state index >= 15 is 0 Å². The van der Waals surface area contributed by atoms with E-state index in [1.54, 1.807) is 4.52 Å². The molecule has 2 bridgehead atoms. The summed E-state index contributed by atoms with van der Waals surface area (Å²) in [6, 6.07) is 5.67. The van der Waals surface area contributed by atoms with Crippen LogP contribution in [0.3, 0.4) is 0 Å². The molecule has 3 N–H and O–H groups in total. The Hall–Kier alpha value is -3.19. The Morgan fingerprint density at radius 2 is 2.10 bits per heavy atom. The first-order valence-corrected chi connectivity index (χ1v) is 10.1. The van der Waals surface area contributed by atoms with Crippen LogP contribution in [0.15, 0.2) is 18.6 Å². The van der Waals surface area contributed by atoms with Crippen molar-refractivity contribution in [3.8, 4) is 6.07 Å². The minimum Gasteiger partial charge on any atom is -0.366 e. The number of nitrogens with one attached hydrogen (secondary N) is 3. The van der Waals surface area contributed by atoms with Crippen LogP contribution < -0.4 is 10.6 Å². The van der Waals surface area contributed by atoms with Gasteiger partial charge in [0.25, 0.3) is 0 Å². The van der Waals surface area contributed by atoms with E-state index in [4.69, 9.17) is 10.2 Å². The second kappa shape index (κ2) is 7.33.